The Kier molecular flexibility index (Phi) is 6.23. The van der Waals surface area contributed by atoms with Crippen molar-refractivity contribution in [3.8, 4) is 0 Å². The Morgan fingerprint density at radius 2 is 1.41 bits per heavy atom. The van der Waals surface area contributed by atoms with E-state index in [1.54, 1.807) is 60.7 Å². The number of benzene rings is 3. The Hall–Kier alpha value is -3.11. The second kappa shape index (κ2) is 9.01. The SMILES string of the molecule is O=C(CCc1ccc(Cl)cc1)ON(C(=O)c1ccccc1)c1ccccc1. The summed E-state index contributed by atoms with van der Waals surface area (Å²) in [5, 5.41) is 1.68. The molecule has 0 unspecified atom stereocenters. The largest absolute Gasteiger partial charge is 0.333 e. The van der Waals surface area contributed by atoms with Crippen LogP contribution in [-0.4, -0.2) is 11.9 Å². The van der Waals surface area contributed by atoms with Crippen LogP contribution in [0, 0.1) is 0 Å². The Labute approximate surface area is 162 Å². The van der Waals surface area contributed by atoms with E-state index in [0.717, 1.165) is 10.6 Å². The predicted molar refractivity (Wildman–Crippen MR) is 106 cm³/mol. The Balaban J connectivity index is 1.72. The summed E-state index contributed by atoms with van der Waals surface area (Å²) in [5.41, 5.74) is 1.90. The summed E-state index contributed by atoms with van der Waals surface area (Å²) < 4.78 is 0. The first-order valence-electron chi connectivity index (χ1n) is 8.53. The molecule has 4 nitrogen and oxygen atoms in total. The van der Waals surface area contributed by atoms with E-state index < -0.39 is 11.9 Å². The third-order valence-electron chi connectivity index (χ3n) is 3.92. The molecule has 0 aromatic heterocycles. The number of anilines is 1. The second-order valence-electron chi connectivity index (χ2n) is 5.89. The molecule has 0 saturated heterocycles. The van der Waals surface area contributed by atoms with Crippen LogP contribution in [-0.2, 0) is 16.1 Å². The molecular formula is C22H18ClNO3. The van der Waals surface area contributed by atoms with Crippen molar-refractivity contribution in [2.45, 2.75) is 12.8 Å². The van der Waals surface area contributed by atoms with Gasteiger partial charge in [0.2, 0.25) is 0 Å². The standard InChI is InChI=1S/C22H18ClNO3/c23-19-14-11-17(12-15-19)13-16-21(25)27-24(20-9-5-2-6-10-20)22(26)18-7-3-1-4-8-18/h1-12,14-15H,13,16H2. The first-order chi connectivity index (χ1) is 13.1. The molecule has 0 atom stereocenters. The van der Waals surface area contributed by atoms with E-state index in [-0.39, 0.29) is 6.42 Å². The Bertz CT molecular complexity index is 896. The molecule has 5 heteroatoms. The molecule has 136 valence electrons. The van der Waals surface area contributed by atoms with Gasteiger partial charge in [-0.2, -0.15) is 0 Å². The highest BCUT2D eigenvalue weighted by Gasteiger charge is 2.22. The third-order valence-corrected chi connectivity index (χ3v) is 4.17. The van der Waals surface area contributed by atoms with Crippen LogP contribution >= 0.6 is 11.6 Å². The van der Waals surface area contributed by atoms with Crippen LogP contribution in [0.2, 0.25) is 5.02 Å². The average molecular weight is 380 g/mol. The van der Waals surface area contributed by atoms with Crippen LogP contribution in [0.15, 0.2) is 84.9 Å². The number of para-hydroxylation sites is 1. The fraction of sp³-hybridized carbons (Fsp3) is 0.0909. The van der Waals surface area contributed by atoms with E-state index in [4.69, 9.17) is 16.4 Å². The van der Waals surface area contributed by atoms with E-state index in [9.17, 15) is 9.59 Å². The fourth-order valence-corrected chi connectivity index (χ4v) is 2.64. The maximum Gasteiger partial charge on any atom is 0.333 e. The van der Waals surface area contributed by atoms with Gasteiger partial charge in [-0.05, 0) is 48.4 Å². The molecule has 0 aliphatic carbocycles. The van der Waals surface area contributed by atoms with E-state index >= 15 is 0 Å². The Morgan fingerprint density at radius 1 is 0.815 bits per heavy atom. The number of nitrogens with zero attached hydrogens (tertiary/aromatic N) is 1. The van der Waals surface area contributed by atoms with E-state index in [1.807, 2.05) is 24.3 Å². The van der Waals surface area contributed by atoms with Crippen LogP contribution in [0.3, 0.4) is 0 Å². The molecule has 27 heavy (non-hydrogen) atoms. The van der Waals surface area contributed by atoms with Crippen LogP contribution in [0.25, 0.3) is 0 Å². The quantitative estimate of drug-likeness (QED) is 0.581. The second-order valence-corrected chi connectivity index (χ2v) is 6.33. The van der Waals surface area contributed by atoms with Gasteiger partial charge in [0.15, 0.2) is 0 Å². The smallest absolute Gasteiger partial charge is 0.333 e. The van der Waals surface area contributed by atoms with Gasteiger partial charge in [0.1, 0.15) is 0 Å². The number of rotatable bonds is 5. The van der Waals surface area contributed by atoms with Crippen LogP contribution in [0.4, 0.5) is 5.69 Å². The molecule has 0 saturated carbocycles. The van der Waals surface area contributed by atoms with E-state index in [1.165, 1.54) is 0 Å². The monoisotopic (exact) mass is 379 g/mol. The lowest BCUT2D eigenvalue weighted by Crippen LogP contribution is -2.33. The van der Waals surface area contributed by atoms with Crippen molar-refractivity contribution in [2.24, 2.45) is 0 Å². The van der Waals surface area contributed by atoms with Crippen molar-refractivity contribution in [1.29, 1.82) is 0 Å². The number of hydrogen-bond acceptors (Lipinski definition) is 3. The molecule has 0 N–H and O–H groups in total. The topological polar surface area (TPSA) is 46.6 Å². The molecule has 0 bridgehead atoms. The number of amides is 1. The summed E-state index contributed by atoms with van der Waals surface area (Å²) in [7, 11) is 0. The summed E-state index contributed by atoms with van der Waals surface area (Å²) in [6.45, 7) is 0. The summed E-state index contributed by atoms with van der Waals surface area (Å²) >= 11 is 5.87. The molecular weight excluding hydrogens is 362 g/mol. The molecule has 0 heterocycles. The number of hydroxylamine groups is 1. The molecule has 0 radical (unpaired) electrons. The van der Waals surface area contributed by atoms with Crippen molar-refractivity contribution >= 4 is 29.2 Å². The Morgan fingerprint density at radius 3 is 2.04 bits per heavy atom. The molecule has 0 fully saturated rings. The van der Waals surface area contributed by atoms with Gasteiger partial charge in [-0.25, -0.2) is 4.79 Å². The van der Waals surface area contributed by atoms with Gasteiger partial charge in [0.25, 0.3) is 5.91 Å². The zero-order chi connectivity index (χ0) is 19.1. The molecule has 1 amide bonds. The summed E-state index contributed by atoms with van der Waals surface area (Å²) in [6, 6.07) is 24.8. The molecule has 0 aliphatic rings. The maximum atomic E-state index is 12.8. The summed E-state index contributed by atoms with van der Waals surface area (Å²) in [6.07, 6.45) is 0.644. The molecule has 3 aromatic carbocycles. The van der Waals surface area contributed by atoms with Crippen molar-refractivity contribution in [3.63, 3.8) is 0 Å². The molecule has 3 aromatic rings. The third kappa shape index (κ3) is 5.19. The zero-order valence-corrected chi connectivity index (χ0v) is 15.3. The summed E-state index contributed by atoms with van der Waals surface area (Å²) in [4.78, 5) is 30.6. The van der Waals surface area contributed by atoms with Gasteiger partial charge in [-0.15, -0.1) is 5.06 Å². The van der Waals surface area contributed by atoms with Gasteiger partial charge >= 0.3 is 5.97 Å². The molecule has 3 rings (SSSR count). The van der Waals surface area contributed by atoms with Gasteiger partial charge in [-0.3, -0.25) is 4.79 Å². The highest BCUT2D eigenvalue weighted by molar-refractivity contribution is 6.30. The number of aryl methyl sites for hydroxylation is 1. The van der Waals surface area contributed by atoms with Crippen molar-refractivity contribution in [2.75, 3.05) is 5.06 Å². The number of carbonyl (C=O) groups excluding carboxylic acids is 2. The number of halogens is 1. The van der Waals surface area contributed by atoms with Crippen LogP contribution in [0.5, 0.6) is 0 Å². The van der Waals surface area contributed by atoms with E-state index in [2.05, 4.69) is 0 Å². The van der Waals surface area contributed by atoms with Crippen LogP contribution in [0.1, 0.15) is 22.3 Å². The molecule has 0 spiro atoms. The average Bonchev–Trinajstić information content (AvgIpc) is 2.72. The first-order valence-corrected chi connectivity index (χ1v) is 8.91. The number of hydrogen-bond donors (Lipinski definition) is 0. The highest BCUT2D eigenvalue weighted by atomic mass is 35.5. The first kappa shape index (κ1) is 18.7. The maximum absolute atomic E-state index is 12.8. The van der Waals surface area contributed by atoms with Gasteiger partial charge in [-0.1, -0.05) is 60.1 Å². The minimum Gasteiger partial charge on any atom is -0.333 e. The van der Waals surface area contributed by atoms with Crippen molar-refractivity contribution in [1.82, 2.24) is 0 Å². The highest BCUT2D eigenvalue weighted by Crippen LogP contribution is 2.18. The zero-order valence-electron chi connectivity index (χ0n) is 14.5. The predicted octanol–water partition coefficient (Wildman–Crippen LogP) is 5.08. The van der Waals surface area contributed by atoms with Gasteiger partial charge in [0.05, 0.1) is 12.1 Å². The lowest BCUT2D eigenvalue weighted by molar-refractivity contribution is -0.144. The molecule has 0 aliphatic heterocycles. The van der Waals surface area contributed by atoms with Crippen molar-refractivity contribution < 1.29 is 14.4 Å². The van der Waals surface area contributed by atoms with E-state index in [0.29, 0.717) is 22.7 Å². The fourth-order valence-electron chi connectivity index (χ4n) is 2.52. The lowest BCUT2D eigenvalue weighted by atomic mass is 10.1. The summed E-state index contributed by atoms with van der Waals surface area (Å²) in [5.74, 6) is -0.889. The number of carbonyl (C=O) groups is 2. The van der Waals surface area contributed by atoms with Gasteiger partial charge in [0, 0.05) is 10.6 Å². The normalized spacial score (nSPS) is 10.3. The van der Waals surface area contributed by atoms with Crippen molar-refractivity contribution in [3.05, 3.63) is 101 Å². The van der Waals surface area contributed by atoms with Crippen LogP contribution < -0.4 is 5.06 Å². The van der Waals surface area contributed by atoms with Gasteiger partial charge < -0.3 is 4.84 Å². The minimum absolute atomic E-state index is 0.146. The minimum atomic E-state index is -0.488. The lowest BCUT2D eigenvalue weighted by Gasteiger charge is -2.21.